The van der Waals surface area contributed by atoms with Gasteiger partial charge in [0.25, 0.3) is 17.4 Å². The van der Waals surface area contributed by atoms with E-state index in [1.165, 1.54) is 6.07 Å². The van der Waals surface area contributed by atoms with Gasteiger partial charge in [0.05, 0.1) is 21.8 Å². The average Bonchev–Trinajstić information content (AvgIpc) is 2.67. The number of nitrogens with zero attached hydrogens (tertiary/aromatic N) is 1. The van der Waals surface area contributed by atoms with Crippen LogP contribution in [0.5, 0.6) is 0 Å². The van der Waals surface area contributed by atoms with Crippen molar-refractivity contribution in [2.75, 3.05) is 5.73 Å². The first-order valence-corrected chi connectivity index (χ1v) is 6.14. The summed E-state index contributed by atoms with van der Waals surface area (Å²) in [4.78, 5) is 35.4. The van der Waals surface area contributed by atoms with Crippen molar-refractivity contribution in [3.63, 3.8) is 0 Å². The zero-order chi connectivity index (χ0) is 15.3. The van der Waals surface area contributed by atoms with E-state index in [1.807, 2.05) is 5.32 Å². The molecule has 2 aromatic rings. The van der Waals surface area contributed by atoms with Gasteiger partial charge < -0.3 is 5.73 Å². The summed E-state index contributed by atoms with van der Waals surface area (Å²) in [5.41, 5.74) is 5.11. The molecule has 0 aliphatic carbocycles. The molecule has 0 saturated heterocycles. The number of imide groups is 1. The van der Waals surface area contributed by atoms with Gasteiger partial charge in [-0.1, -0.05) is 11.6 Å². The first kappa shape index (κ1) is 13.3. The molecular formula is C13H7ClFN3O3. The van der Waals surface area contributed by atoms with E-state index in [4.69, 9.17) is 17.3 Å². The number of nitrogens with two attached hydrogens (primary N) is 1. The highest BCUT2D eigenvalue weighted by Gasteiger charge is 2.32. The highest BCUT2D eigenvalue weighted by atomic mass is 35.5. The Morgan fingerprint density at radius 3 is 2.52 bits per heavy atom. The van der Waals surface area contributed by atoms with Gasteiger partial charge in [0, 0.05) is 6.07 Å². The molecule has 0 unspecified atom stereocenters. The number of carbonyl (C=O) groups excluding carboxylic acids is 2. The van der Waals surface area contributed by atoms with Crippen molar-refractivity contribution >= 4 is 29.2 Å². The van der Waals surface area contributed by atoms with Gasteiger partial charge in [-0.15, -0.1) is 0 Å². The van der Waals surface area contributed by atoms with Gasteiger partial charge in [-0.3, -0.25) is 24.3 Å². The van der Waals surface area contributed by atoms with Crippen LogP contribution < -0.4 is 16.6 Å². The van der Waals surface area contributed by atoms with E-state index >= 15 is 0 Å². The van der Waals surface area contributed by atoms with Gasteiger partial charge in [0.1, 0.15) is 11.6 Å². The predicted molar refractivity (Wildman–Crippen MR) is 73.2 cm³/mol. The summed E-state index contributed by atoms with van der Waals surface area (Å²) in [5.74, 6) is -2.19. The third-order valence-electron chi connectivity index (χ3n) is 3.10. The number of pyridine rings is 1. The van der Waals surface area contributed by atoms with Crippen molar-refractivity contribution < 1.29 is 14.0 Å². The lowest BCUT2D eigenvalue weighted by Crippen LogP contribution is -2.24. The number of amides is 2. The van der Waals surface area contributed by atoms with Gasteiger partial charge in [0.2, 0.25) is 0 Å². The molecule has 0 saturated carbocycles. The van der Waals surface area contributed by atoms with Gasteiger partial charge >= 0.3 is 0 Å². The molecule has 2 heterocycles. The second kappa shape index (κ2) is 4.42. The minimum Gasteiger partial charge on any atom is -0.384 e. The molecule has 3 rings (SSSR count). The molecule has 3 N–H and O–H groups in total. The molecule has 21 heavy (non-hydrogen) atoms. The summed E-state index contributed by atoms with van der Waals surface area (Å²) < 4.78 is 14.0. The Morgan fingerprint density at radius 2 is 1.86 bits per heavy atom. The van der Waals surface area contributed by atoms with Crippen molar-refractivity contribution in [1.29, 1.82) is 0 Å². The number of anilines is 1. The molecule has 1 aromatic carbocycles. The van der Waals surface area contributed by atoms with Crippen LogP contribution in [0.1, 0.15) is 20.7 Å². The maximum atomic E-state index is 13.1. The number of aromatic nitrogens is 1. The van der Waals surface area contributed by atoms with E-state index in [9.17, 15) is 18.8 Å². The number of halogens is 2. The van der Waals surface area contributed by atoms with Crippen LogP contribution in [-0.2, 0) is 0 Å². The number of carbonyl (C=O) groups is 2. The van der Waals surface area contributed by atoms with Gasteiger partial charge in [-0.25, -0.2) is 4.39 Å². The van der Waals surface area contributed by atoms with E-state index < -0.39 is 23.2 Å². The fraction of sp³-hybridized carbons (Fsp3) is 0. The van der Waals surface area contributed by atoms with Crippen LogP contribution in [0.3, 0.4) is 0 Å². The highest BCUT2D eigenvalue weighted by Crippen LogP contribution is 2.26. The third kappa shape index (κ3) is 1.90. The molecule has 1 aliphatic heterocycles. The highest BCUT2D eigenvalue weighted by molar-refractivity contribution is 6.32. The third-order valence-corrected chi connectivity index (χ3v) is 3.41. The normalized spacial score (nSPS) is 13.2. The standard InChI is InChI=1S/C13H7ClFN3O3/c14-7-3-5(15)1-2-8(7)18-9(19)4-6-10(11(18)16)13(21)17-12(6)20/h1-4H,16H2,(H,17,20,21). The Bertz CT molecular complexity index is 876. The van der Waals surface area contributed by atoms with Crippen LogP contribution in [-0.4, -0.2) is 16.4 Å². The molecule has 0 radical (unpaired) electrons. The predicted octanol–water partition coefficient (Wildman–Crippen LogP) is 1.10. The van der Waals surface area contributed by atoms with Gasteiger partial charge in [-0.05, 0) is 18.2 Å². The van der Waals surface area contributed by atoms with Crippen LogP contribution in [0.25, 0.3) is 5.69 Å². The number of fused-ring (bicyclic) bond motifs is 1. The van der Waals surface area contributed by atoms with Gasteiger partial charge in [0.15, 0.2) is 0 Å². The monoisotopic (exact) mass is 307 g/mol. The van der Waals surface area contributed by atoms with Crippen LogP contribution in [0.4, 0.5) is 10.2 Å². The maximum Gasteiger partial charge on any atom is 0.262 e. The number of nitrogens with one attached hydrogen (secondary N) is 1. The van der Waals surface area contributed by atoms with Crippen LogP contribution in [0.15, 0.2) is 29.1 Å². The SMILES string of the molecule is Nc1c2c(cc(=O)n1-c1ccc(F)cc1Cl)C(=O)NC2=O. The molecule has 0 fully saturated rings. The number of benzene rings is 1. The van der Waals surface area contributed by atoms with Crippen molar-refractivity contribution in [3.8, 4) is 5.69 Å². The lowest BCUT2D eigenvalue weighted by atomic mass is 10.1. The molecule has 1 aliphatic rings. The lowest BCUT2D eigenvalue weighted by Gasteiger charge is -2.13. The van der Waals surface area contributed by atoms with E-state index in [-0.39, 0.29) is 27.7 Å². The van der Waals surface area contributed by atoms with Crippen molar-refractivity contribution in [1.82, 2.24) is 9.88 Å². The summed E-state index contributed by atoms with van der Waals surface area (Å²) >= 11 is 5.90. The smallest absolute Gasteiger partial charge is 0.262 e. The average molecular weight is 308 g/mol. The topological polar surface area (TPSA) is 94.2 Å². The molecule has 6 nitrogen and oxygen atoms in total. The van der Waals surface area contributed by atoms with E-state index in [2.05, 4.69) is 0 Å². The van der Waals surface area contributed by atoms with Crippen LogP contribution >= 0.6 is 11.6 Å². The zero-order valence-corrected chi connectivity index (χ0v) is 11.1. The van der Waals surface area contributed by atoms with Gasteiger partial charge in [-0.2, -0.15) is 0 Å². The summed E-state index contributed by atoms with van der Waals surface area (Å²) in [7, 11) is 0. The fourth-order valence-corrected chi connectivity index (χ4v) is 2.44. The van der Waals surface area contributed by atoms with E-state index in [1.54, 1.807) is 0 Å². The number of rotatable bonds is 1. The first-order chi connectivity index (χ1) is 9.90. The minimum absolute atomic E-state index is 0.0477. The van der Waals surface area contributed by atoms with Crippen molar-refractivity contribution in [2.24, 2.45) is 0 Å². The number of hydrogen-bond donors (Lipinski definition) is 2. The summed E-state index contributed by atoms with van der Waals surface area (Å²) in [6.07, 6.45) is 0. The number of hydrogen-bond acceptors (Lipinski definition) is 4. The lowest BCUT2D eigenvalue weighted by molar-refractivity contribution is 0.0880. The largest absolute Gasteiger partial charge is 0.384 e. The minimum atomic E-state index is -0.695. The number of nitrogen functional groups attached to an aromatic ring is 1. The fourth-order valence-electron chi connectivity index (χ4n) is 2.19. The summed E-state index contributed by atoms with van der Waals surface area (Å²) in [6, 6.07) is 4.37. The molecule has 1 aromatic heterocycles. The Balaban J connectivity index is 2.35. The molecule has 8 heteroatoms. The second-order valence-corrected chi connectivity index (χ2v) is 4.78. The maximum absolute atomic E-state index is 13.1. The van der Waals surface area contributed by atoms with Crippen molar-refractivity contribution in [3.05, 3.63) is 56.6 Å². The Labute approximate surface area is 121 Å². The molecule has 2 amide bonds. The van der Waals surface area contributed by atoms with Crippen molar-refractivity contribution in [2.45, 2.75) is 0 Å². The Morgan fingerprint density at radius 1 is 1.14 bits per heavy atom. The Kier molecular flexibility index (Phi) is 2.80. The molecular weight excluding hydrogens is 301 g/mol. The van der Waals surface area contributed by atoms with E-state index in [0.29, 0.717) is 0 Å². The molecule has 0 spiro atoms. The first-order valence-electron chi connectivity index (χ1n) is 5.77. The summed E-state index contributed by atoms with van der Waals surface area (Å²) in [6.45, 7) is 0. The van der Waals surface area contributed by atoms with E-state index in [0.717, 1.165) is 22.8 Å². The zero-order valence-electron chi connectivity index (χ0n) is 10.3. The molecule has 0 bridgehead atoms. The molecule has 106 valence electrons. The molecule has 0 atom stereocenters. The summed E-state index contributed by atoms with van der Waals surface area (Å²) in [5, 5.41) is 2.00. The van der Waals surface area contributed by atoms with Crippen LogP contribution in [0.2, 0.25) is 5.02 Å². The second-order valence-electron chi connectivity index (χ2n) is 4.37. The van der Waals surface area contributed by atoms with Crippen LogP contribution in [0, 0.1) is 5.82 Å². The Hall–Kier alpha value is -2.67. The quantitative estimate of drug-likeness (QED) is 0.771.